The lowest BCUT2D eigenvalue weighted by atomic mass is 10.0. The number of H-pyrrole nitrogens is 1. The third kappa shape index (κ3) is 12.2. The maximum atomic E-state index is 12.3. The first-order valence-corrected chi connectivity index (χ1v) is 19.3. The molecule has 0 saturated carbocycles. The molecule has 0 bridgehead atoms. The minimum atomic E-state index is -3.68. The Hall–Kier alpha value is -4.32. The van der Waals surface area contributed by atoms with Gasteiger partial charge in [0.1, 0.15) is 12.4 Å². The lowest BCUT2D eigenvalue weighted by Crippen LogP contribution is -2.29. The number of sulfonamides is 1. The molecule has 5 aromatic rings. The average molecular weight is 712 g/mol. The fraction of sp³-hybridized carbons (Fsp3) is 0.341. The summed E-state index contributed by atoms with van der Waals surface area (Å²) in [4.78, 5) is 17.7. The molecular formula is C41H49N3O6S. The first-order valence-electron chi connectivity index (χ1n) is 17.7. The van der Waals surface area contributed by atoms with Gasteiger partial charge >= 0.3 is 0 Å². The molecule has 4 aromatic carbocycles. The second kappa shape index (κ2) is 19.3. The number of ether oxygens (including phenoxy) is 2. The molecule has 4 N–H and O–H groups in total. The fourth-order valence-electron chi connectivity index (χ4n) is 6.22. The van der Waals surface area contributed by atoms with E-state index < -0.39 is 16.1 Å². The van der Waals surface area contributed by atoms with E-state index in [0.717, 1.165) is 80.1 Å². The van der Waals surface area contributed by atoms with Crippen LogP contribution in [-0.4, -0.2) is 49.7 Å². The average Bonchev–Trinajstić information content (AvgIpc) is 3.13. The summed E-state index contributed by atoms with van der Waals surface area (Å²) in [6.07, 6.45) is 5.94. The summed E-state index contributed by atoms with van der Waals surface area (Å²) in [6.45, 7) is 3.78. The van der Waals surface area contributed by atoms with Crippen LogP contribution in [0.5, 0.6) is 5.75 Å². The minimum Gasteiger partial charge on any atom is -0.487 e. The summed E-state index contributed by atoms with van der Waals surface area (Å²) in [7, 11) is -3.68. The number of nitrogens with two attached hydrogens (primary N) is 1. The van der Waals surface area contributed by atoms with Crippen molar-refractivity contribution in [2.45, 2.75) is 69.1 Å². The van der Waals surface area contributed by atoms with Crippen LogP contribution in [0.15, 0.2) is 119 Å². The van der Waals surface area contributed by atoms with Crippen molar-refractivity contribution in [1.82, 2.24) is 9.88 Å². The van der Waals surface area contributed by atoms with Crippen LogP contribution in [0.25, 0.3) is 10.9 Å². The molecule has 0 aliphatic carbocycles. The van der Waals surface area contributed by atoms with Gasteiger partial charge in [-0.2, -0.15) is 0 Å². The molecule has 5 rings (SSSR count). The zero-order valence-electron chi connectivity index (χ0n) is 29.1. The van der Waals surface area contributed by atoms with Gasteiger partial charge in [-0.3, -0.25) is 9.69 Å². The highest BCUT2D eigenvalue weighted by Gasteiger charge is 2.19. The molecule has 1 atom stereocenters. The maximum Gasteiger partial charge on any atom is 0.248 e. The summed E-state index contributed by atoms with van der Waals surface area (Å²) >= 11 is 0. The Morgan fingerprint density at radius 2 is 1.43 bits per heavy atom. The van der Waals surface area contributed by atoms with E-state index in [9.17, 15) is 18.3 Å². The van der Waals surface area contributed by atoms with E-state index in [1.807, 2.05) is 66.7 Å². The predicted molar refractivity (Wildman–Crippen MR) is 202 cm³/mol. The normalized spacial score (nSPS) is 12.4. The Morgan fingerprint density at radius 1 is 0.745 bits per heavy atom. The maximum absolute atomic E-state index is 12.3. The summed E-state index contributed by atoms with van der Waals surface area (Å²) in [5.74, 6) is 0.570. The van der Waals surface area contributed by atoms with Gasteiger partial charge in [0.25, 0.3) is 0 Å². The number of aliphatic hydroxyl groups excluding tert-OH is 1. The minimum absolute atomic E-state index is 0.151. The number of primary sulfonamides is 1. The summed E-state index contributed by atoms with van der Waals surface area (Å²) in [5.41, 5.74) is 4.29. The molecule has 0 unspecified atom stereocenters. The van der Waals surface area contributed by atoms with E-state index in [1.165, 1.54) is 17.7 Å². The van der Waals surface area contributed by atoms with Gasteiger partial charge in [0.15, 0.2) is 0 Å². The second-order valence-corrected chi connectivity index (χ2v) is 14.5. The Kier molecular flexibility index (Phi) is 14.4. The molecule has 0 saturated heterocycles. The Balaban J connectivity index is 1.08. The smallest absolute Gasteiger partial charge is 0.248 e. The van der Waals surface area contributed by atoms with Crippen molar-refractivity contribution in [2.24, 2.45) is 5.14 Å². The van der Waals surface area contributed by atoms with E-state index >= 15 is 0 Å². The van der Waals surface area contributed by atoms with Gasteiger partial charge in [0.2, 0.25) is 15.6 Å². The molecule has 0 fully saturated rings. The number of aliphatic hydroxyl groups is 1. The van der Waals surface area contributed by atoms with E-state index in [0.29, 0.717) is 37.6 Å². The van der Waals surface area contributed by atoms with E-state index in [1.54, 1.807) is 18.2 Å². The van der Waals surface area contributed by atoms with E-state index in [-0.39, 0.29) is 10.5 Å². The quantitative estimate of drug-likeness (QED) is 0.0706. The summed E-state index contributed by atoms with van der Waals surface area (Å²) in [5, 5.41) is 17.6. The summed E-state index contributed by atoms with van der Waals surface area (Å²) < 4.78 is 35.1. The Labute approximate surface area is 301 Å². The fourth-order valence-corrected chi connectivity index (χ4v) is 6.80. The molecule has 1 aromatic heterocycles. The lowest BCUT2D eigenvalue weighted by Gasteiger charge is -2.26. The number of aromatic amines is 1. The van der Waals surface area contributed by atoms with Crippen LogP contribution >= 0.6 is 0 Å². The zero-order valence-corrected chi connectivity index (χ0v) is 29.9. The molecule has 10 heteroatoms. The van der Waals surface area contributed by atoms with Gasteiger partial charge in [-0.15, -0.1) is 0 Å². The van der Waals surface area contributed by atoms with Crippen molar-refractivity contribution < 1.29 is 23.0 Å². The van der Waals surface area contributed by atoms with E-state index in [2.05, 4.69) is 22.0 Å². The first kappa shape index (κ1) is 37.9. The van der Waals surface area contributed by atoms with Crippen LogP contribution in [0.4, 0.5) is 0 Å². The van der Waals surface area contributed by atoms with Gasteiger partial charge in [-0.05, 0) is 85.2 Å². The van der Waals surface area contributed by atoms with Gasteiger partial charge in [0.05, 0.1) is 16.5 Å². The first-order chi connectivity index (χ1) is 24.8. The topological polar surface area (TPSA) is 135 Å². The number of pyridine rings is 1. The SMILES string of the molecule is NS(=O)(=O)c1cccc(CCCCOCCCCCCN(Cc2ccccc2)C[C@H](O)c2ccc(OCc3ccccc3)c3[nH]c(=O)ccc23)c1. The van der Waals surface area contributed by atoms with Crippen molar-refractivity contribution in [3.05, 3.63) is 142 Å². The number of aromatic nitrogens is 1. The zero-order chi connectivity index (χ0) is 35.9. The number of rotatable bonds is 21. The van der Waals surface area contributed by atoms with Gasteiger partial charge in [-0.1, -0.05) is 91.7 Å². The molecule has 0 aliphatic rings. The highest BCUT2D eigenvalue weighted by Crippen LogP contribution is 2.31. The number of hydrogen-bond donors (Lipinski definition) is 3. The van der Waals surface area contributed by atoms with Crippen LogP contribution < -0.4 is 15.4 Å². The number of nitrogens with zero attached hydrogens (tertiary/aromatic N) is 1. The van der Waals surface area contributed by atoms with Crippen molar-refractivity contribution >= 4 is 20.9 Å². The van der Waals surface area contributed by atoms with Crippen LogP contribution in [-0.2, 0) is 34.3 Å². The third-order valence-electron chi connectivity index (χ3n) is 8.91. The Bertz CT molecular complexity index is 1970. The molecular weight excluding hydrogens is 663 g/mol. The van der Waals surface area contributed by atoms with Crippen molar-refractivity contribution in [2.75, 3.05) is 26.3 Å². The van der Waals surface area contributed by atoms with Gasteiger partial charge < -0.3 is 19.6 Å². The number of benzene rings is 4. The molecule has 0 radical (unpaired) electrons. The van der Waals surface area contributed by atoms with Gasteiger partial charge in [0, 0.05) is 37.8 Å². The monoisotopic (exact) mass is 711 g/mol. The number of hydrogen-bond acceptors (Lipinski definition) is 7. The van der Waals surface area contributed by atoms with E-state index in [4.69, 9.17) is 14.6 Å². The van der Waals surface area contributed by atoms with Crippen molar-refractivity contribution in [1.29, 1.82) is 0 Å². The second-order valence-electron chi connectivity index (χ2n) is 13.0. The standard InChI is InChI=1S/C41H49N3O6S/c42-51(47,48)35-20-13-19-32(28-35)14-9-12-27-49-26-11-2-1-10-25-44(29-33-15-5-3-6-16-33)30-38(45)36-21-23-39(41-37(36)22-24-40(46)43-41)50-31-34-17-7-4-8-18-34/h3-8,13,15-24,28,38,45H,1-2,9-12,14,25-27,29-31H2,(H,43,46)(H2,42,47,48)/t38-/m0/s1. The highest BCUT2D eigenvalue weighted by molar-refractivity contribution is 7.89. The van der Waals surface area contributed by atoms with Crippen LogP contribution in [0.1, 0.15) is 66.9 Å². The summed E-state index contributed by atoms with van der Waals surface area (Å²) in [6, 6.07) is 34.0. The molecule has 1 heterocycles. The number of unbranched alkanes of at least 4 members (excludes halogenated alkanes) is 4. The third-order valence-corrected chi connectivity index (χ3v) is 9.82. The number of fused-ring (bicyclic) bond motifs is 1. The van der Waals surface area contributed by atoms with Crippen molar-refractivity contribution in [3.8, 4) is 5.75 Å². The molecule has 0 aliphatic heterocycles. The van der Waals surface area contributed by atoms with Crippen LogP contribution in [0.2, 0.25) is 0 Å². The van der Waals surface area contributed by atoms with Gasteiger partial charge in [-0.25, -0.2) is 13.6 Å². The Morgan fingerprint density at radius 3 is 2.18 bits per heavy atom. The number of aryl methyl sites for hydroxylation is 1. The van der Waals surface area contributed by atoms with Crippen molar-refractivity contribution in [3.63, 3.8) is 0 Å². The molecule has 270 valence electrons. The largest absolute Gasteiger partial charge is 0.487 e. The predicted octanol–water partition coefficient (Wildman–Crippen LogP) is 6.89. The van der Waals surface area contributed by atoms with Crippen LogP contribution in [0.3, 0.4) is 0 Å². The molecule has 51 heavy (non-hydrogen) atoms. The molecule has 0 spiro atoms. The molecule has 0 amide bonds. The highest BCUT2D eigenvalue weighted by atomic mass is 32.2. The lowest BCUT2D eigenvalue weighted by molar-refractivity contribution is 0.108. The number of nitrogens with one attached hydrogen (secondary N) is 1. The molecule has 9 nitrogen and oxygen atoms in total. The van der Waals surface area contributed by atoms with Crippen LogP contribution in [0, 0.1) is 0 Å².